The van der Waals surface area contributed by atoms with Crippen LogP contribution in [0.25, 0.3) is 0 Å². The lowest BCUT2D eigenvalue weighted by molar-refractivity contribution is -0.352. The number of carbonyl (C=O) groups excluding carboxylic acids is 1. The van der Waals surface area contributed by atoms with Crippen molar-refractivity contribution in [3.8, 4) is 0 Å². The third kappa shape index (κ3) is 44.9. The number of ether oxygens (including phenoxy) is 1. The molecule has 0 fully saturated rings. The Labute approximate surface area is 122 Å². The monoisotopic (exact) mass is 373 g/mol. The average molecular weight is 373 g/mol. The Morgan fingerprint density at radius 1 is 1.00 bits per heavy atom. The van der Waals surface area contributed by atoms with Gasteiger partial charge in [-0.15, -0.1) is 24.1 Å². The number of hydrogen-bond donors (Lipinski definition) is 1. The quantitative estimate of drug-likeness (QED) is 0.344. The van der Waals surface area contributed by atoms with Crippen LogP contribution in [0.2, 0.25) is 0 Å². The summed E-state index contributed by atoms with van der Waals surface area (Å²) in [7, 11) is 0. The Bertz CT molecular complexity index is 307. The van der Waals surface area contributed by atoms with Gasteiger partial charge in [-0.25, -0.2) is 9.18 Å². The lowest BCUT2D eigenvalue weighted by Crippen LogP contribution is -2.24. The molecule has 0 aliphatic carbocycles. The number of amides is 1. The molecule has 0 heterocycles. The van der Waals surface area contributed by atoms with Gasteiger partial charge in [0.05, 0.1) is 0 Å². The molecule has 0 aliphatic heterocycles. The van der Waals surface area contributed by atoms with Crippen molar-refractivity contribution in [3.63, 3.8) is 0 Å². The molecule has 0 atom stereocenters. The number of rotatable bonds is 3. The van der Waals surface area contributed by atoms with E-state index in [1.165, 1.54) is 6.08 Å². The topological polar surface area (TPSA) is 38.3 Å². The predicted octanol–water partition coefficient (Wildman–Crippen LogP) is 4.45. The predicted molar refractivity (Wildman–Crippen MR) is 54.8 cm³/mol. The molecule has 0 aromatic rings. The van der Waals surface area contributed by atoms with Crippen LogP contribution in [0, 0.1) is 0 Å². The molecule has 0 aromatic heterocycles. The Morgan fingerprint density at radius 2 is 1.39 bits per heavy atom. The zero-order valence-electron chi connectivity index (χ0n) is 10.9. The fraction of sp³-hybridized carbons (Fsp3) is 0.667. The lowest BCUT2D eigenvalue weighted by atomic mass is 10.6. The van der Waals surface area contributed by atoms with Crippen molar-refractivity contribution in [2.24, 2.45) is 0 Å². The van der Waals surface area contributed by atoms with E-state index in [-0.39, 0.29) is 6.54 Å². The van der Waals surface area contributed by atoms with Crippen LogP contribution in [0.3, 0.4) is 0 Å². The number of halogens is 11. The summed E-state index contributed by atoms with van der Waals surface area (Å²) in [5.74, 6) is 0. The number of hydrogen-bond acceptors (Lipinski definition) is 2. The van der Waals surface area contributed by atoms with E-state index >= 15 is 0 Å². The summed E-state index contributed by atoms with van der Waals surface area (Å²) < 4.78 is 121. The minimum Gasteiger partial charge on any atom is -0.325 e. The van der Waals surface area contributed by atoms with E-state index < -0.39 is 38.2 Å². The molecule has 0 unspecified atom stereocenters. The van der Waals surface area contributed by atoms with E-state index in [1.54, 1.807) is 0 Å². The van der Waals surface area contributed by atoms with Crippen molar-refractivity contribution >= 4 is 6.16 Å². The Hall–Kier alpha value is -1.60. The standard InChI is InChI=1S/C4H6FNO.C3H2F6O.C2H2F4/c1-2-3-6-4(5)7;4-2(5,6)1-10-3(7,8)9;3-1-2(4,5)6/h2H,1,3H2,(H,6,7);1H2;1H2. The van der Waals surface area contributed by atoms with Crippen LogP contribution in [0.1, 0.15) is 0 Å². The van der Waals surface area contributed by atoms with E-state index in [0.29, 0.717) is 0 Å². The van der Waals surface area contributed by atoms with E-state index in [2.05, 4.69) is 11.3 Å². The Kier molecular flexibility index (Phi) is 13.6. The molecular formula is C9H10F11NO2. The van der Waals surface area contributed by atoms with Gasteiger partial charge in [-0.2, -0.15) is 26.3 Å². The highest BCUT2D eigenvalue weighted by molar-refractivity contribution is 5.65. The van der Waals surface area contributed by atoms with E-state index in [0.717, 1.165) is 0 Å². The van der Waals surface area contributed by atoms with Crippen molar-refractivity contribution in [1.29, 1.82) is 0 Å². The molecule has 0 rings (SSSR count). The maximum absolute atomic E-state index is 11.1. The minimum atomic E-state index is -5.21. The molecule has 1 amide bonds. The Balaban J connectivity index is -0.000000272. The van der Waals surface area contributed by atoms with Crippen LogP contribution in [0.15, 0.2) is 12.7 Å². The van der Waals surface area contributed by atoms with Crippen LogP contribution in [-0.4, -0.2) is 44.7 Å². The summed E-state index contributed by atoms with van der Waals surface area (Å²) in [6.45, 7) is -1.08. The van der Waals surface area contributed by atoms with Gasteiger partial charge in [-0.3, -0.25) is 4.74 Å². The zero-order valence-corrected chi connectivity index (χ0v) is 10.9. The summed E-state index contributed by atoms with van der Waals surface area (Å²) in [4.78, 5) is 9.38. The van der Waals surface area contributed by atoms with Crippen LogP contribution >= 0.6 is 0 Å². The van der Waals surface area contributed by atoms with Crippen LogP contribution in [-0.2, 0) is 4.74 Å². The molecule has 0 saturated carbocycles. The Morgan fingerprint density at radius 3 is 1.48 bits per heavy atom. The molecule has 0 saturated heterocycles. The van der Waals surface area contributed by atoms with Gasteiger partial charge in [0.2, 0.25) is 0 Å². The highest BCUT2D eigenvalue weighted by Crippen LogP contribution is 2.22. The second kappa shape index (κ2) is 11.9. The maximum Gasteiger partial charge on any atom is 0.522 e. The lowest BCUT2D eigenvalue weighted by Gasteiger charge is -2.08. The van der Waals surface area contributed by atoms with Gasteiger partial charge >= 0.3 is 24.9 Å². The van der Waals surface area contributed by atoms with Gasteiger partial charge in [-0.1, -0.05) is 6.08 Å². The number of nitrogens with one attached hydrogen (secondary N) is 1. The van der Waals surface area contributed by atoms with Crippen LogP contribution in [0.4, 0.5) is 53.1 Å². The van der Waals surface area contributed by atoms with Gasteiger partial charge in [-0.05, 0) is 0 Å². The molecule has 23 heavy (non-hydrogen) atoms. The van der Waals surface area contributed by atoms with E-state index in [1.807, 2.05) is 5.32 Å². The van der Waals surface area contributed by atoms with Gasteiger partial charge in [0, 0.05) is 6.54 Å². The molecule has 3 nitrogen and oxygen atoms in total. The molecule has 0 radical (unpaired) electrons. The number of carbonyl (C=O) groups is 1. The van der Waals surface area contributed by atoms with E-state index in [9.17, 15) is 53.1 Å². The average Bonchev–Trinajstić information content (AvgIpc) is 2.33. The highest BCUT2D eigenvalue weighted by Gasteiger charge is 2.37. The third-order valence-electron chi connectivity index (χ3n) is 0.936. The first-order valence-corrected chi connectivity index (χ1v) is 4.98. The summed E-state index contributed by atoms with van der Waals surface area (Å²) in [5, 5.41) is 1.87. The maximum atomic E-state index is 11.1. The first kappa shape index (κ1) is 26.3. The van der Waals surface area contributed by atoms with Crippen molar-refractivity contribution in [3.05, 3.63) is 12.7 Å². The first-order chi connectivity index (χ1) is 10.0. The van der Waals surface area contributed by atoms with Crippen LogP contribution < -0.4 is 5.32 Å². The summed E-state index contributed by atoms with van der Waals surface area (Å²) in [5.41, 5.74) is 0. The van der Waals surface area contributed by atoms with Gasteiger partial charge in [0.1, 0.15) is 0 Å². The normalized spacial score (nSPS) is 11.4. The molecule has 0 aromatic carbocycles. The molecule has 14 heteroatoms. The fourth-order valence-electron chi connectivity index (χ4n) is 0.316. The molecule has 0 bridgehead atoms. The highest BCUT2D eigenvalue weighted by atomic mass is 19.4. The second-order valence-corrected chi connectivity index (χ2v) is 3.04. The van der Waals surface area contributed by atoms with Crippen molar-refractivity contribution in [1.82, 2.24) is 5.32 Å². The second-order valence-electron chi connectivity index (χ2n) is 3.04. The van der Waals surface area contributed by atoms with Crippen molar-refractivity contribution in [2.45, 2.75) is 18.7 Å². The summed E-state index contributed by atoms with van der Waals surface area (Å²) in [6, 6.07) is 0. The first-order valence-electron chi connectivity index (χ1n) is 4.98. The fourth-order valence-corrected chi connectivity index (χ4v) is 0.316. The van der Waals surface area contributed by atoms with E-state index in [4.69, 9.17) is 0 Å². The third-order valence-corrected chi connectivity index (χ3v) is 0.936. The van der Waals surface area contributed by atoms with Crippen LogP contribution in [0.5, 0.6) is 0 Å². The molecule has 1 N–H and O–H groups in total. The van der Waals surface area contributed by atoms with Crippen molar-refractivity contribution < 1.29 is 57.8 Å². The zero-order chi connectivity index (χ0) is 19.3. The van der Waals surface area contributed by atoms with Gasteiger partial charge in [0.15, 0.2) is 13.3 Å². The summed E-state index contributed by atoms with van der Waals surface area (Å²) in [6.07, 6.45) is -14.9. The summed E-state index contributed by atoms with van der Waals surface area (Å²) >= 11 is 0. The minimum absolute atomic E-state index is 0.190. The molecular weight excluding hydrogens is 363 g/mol. The largest absolute Gasteiger partial charge is 0.522 e. The molecule has 0 aliphatic rings. The molecule has 0 spiro atoms. The molecule has 140 valence electrons. The van der Waals surface area contributed by atoms with Gasteiger partial charge in [0.25, 0.3) is 0 Å². The van der Waals surface area contributed by atoms with Gasteiger partial charge < -0.3 is 5.32 Å². The number of alkyl halides is 10. The smallest absolute Gasteiger partial charge is 0.325 e. The SMILES string of the molecule is C=CCNC(=O)F.FC(F)(F)COC(F)(F)F.FCC(F)(F)F. The van der Waals surface area contributed by atoms with Crippen molar-refractivity contribution in [2.75, 3.05) is 19.8 Å².